The van der Waals surface area contributed by atoms with Crippen molar-refractivity contribution in [3.63, 3.8) is 0 Å². The molecule has 0 radical (unpaired) electrons. The molecule has 152 valence electrons. The van der Waals surface area contributed by atoms with Crippen molar-refractivity contribution in [2.75, 3.05) is 20.2 Å². The zero-order valence-corrected chi connectivity index (χ0v) is 17.5. The first-order valence-corrected chi connectivity index (χ1v) is 10.1. The van der Waals surface area contributed by atoms with Gasteiger partial charge in [-0.25, -0.2) is 4.68 Å². The molecule has 1 aliphatic rings. The highest BCUT2D eigenvalue weighted by molar-refractivity contribution is 5.79. The van der Waals surface area contributed by atoms with Crippen LogP contribution in [0.3, 0.4) is 0 Å². The fourth-order valence-corrected chi connectivity index (χ4v) is 3.83. The molecule has 1 aromatic carbocycles. The van der Waals surface area contributed by atoms with Gasteiger partial charge in [0.1, 0.15) is 0 Å². The van der Waals surface area contributed by atoms with Crippen LogP contribution in [0.4, 0.5) is 0 Å². The molecule has 1 saturated heterocycles. The van der Waals surface area contributed by atoms with Gasteiger partial charge in [-0.15, -0.1) is 0 Å². The van der Waals surface area contributed by atoms with Crippen molar-refractivity contribution in [3.8, 4) is 5.69 Å². The van der Waals surface area contributed by atoms with E-state index in [-0.39, 0.29) is 11.5 Å². The Kier molecular flexibility index (Phi) is 6.73. The lowest BCUT2D eigenvalue weighted by Crippen LogP contribution is -2.47. The van der Waals surface area contributed by atoms with E-state index in [0.717, 1.165) is 37.8 Å². The van der Waals surface area contributed by atoms with Crippen LogP contribution in [0, 0.1) is 11.3 Å². The molecule has 1 aliphatic heterocycles. The summed E-state index contributed by atoms with van der Waals surface area (Å²) in [4.78, 5) is 4.37. The number of aliphatic imine (C=N–C) groups is 1. The Morgan fingerprint density at radius 2 is 2.04 bits per heavy atom. The standard InChI is InChI=1S/C22H33N5O/c1-22(2,3)20-18(7-5-14-28-20)16-25-21(23-4)24-15-17-8-10-19(11-9-17)27-13-6-12-26-27/h6,8-13,18,20H,5,7,14-16H2,1-4H3,(H2,23,24,25). The molecule has 1 fully saturated rings. The Labute approximate surface area is 168 Å². The van der Waals surface area contributed by atoms with E-state index in [1.165, 1.54) is 12.0 Å². The molecule has 6 heteroatoms. The molecule has 0 bridgehead atoms. The van der Waals surface area contributed by atoms with E-state index < -0.39 is 0 Å². The van der Waals surface area contributed by atoms with E-state index in [0.29, 0.717) is 5.92 Å². The predicted molar refractivity (Wildman–Crippen MR) is 114 cm³/mol. The van der Waals surface area contributed by atoms with Gasteiger partial charge in [-0.3, -0.25) is 4.99 Å². The van der Waals surface area contributed by atoms with Crippen molar-refractivity contribution in [2.24, 2.45) is 16.3 Å². The molecule has 2 N–H and O–H groups in total. The van der Waals surface area contributed by atoms with Crippen LogP contribution < -0.4 is 10.6 Å². The normalized spacial score (nSPS) is 20.8. The second-order valence-corrected chi connectivity index (χ2v) is 8.48. The fraction of sp³-hybridized carbons (Fsp3) is 0.545. The minimum Gasteiger partial charge on any atom is -0.377 e. The zero-order chi connectivity index (χ0) is 20.0. The van der Waals surface area contributed by atoms with Crippen LogP contribution in [0.1, 0.15) is 39.2 Å². The summed E-state index contributed by atoms with van der Waals surface area (Å²) in [7, 11) is 1.81. The average Bonchev–Trinajstić information content (AvgIpc) is 3.23. The molecule has 2 heterocycles. The monoisotopic (exact) mass is 383 g/mol. The minimum absolute atomic E-state index is 0.153. The quantitative estimate of drug-likeness (QED) is 0.614. The lowest BCUT2D eigenvalue weighted by atomic mass is 9.78. The summed E-state index contributed by atoms with van der Waals surface area (Å²) in [6, 6.07) is 10.3. The second kappa shape index (κ2) is 9.24. The van der Waals surface area contributed by atoms with Crippen molar-refractivity contribution in [1.82, 2.24) is 20.4 Å². The van der Waals surface area contributed by atoms with Crippen LogP contribution in [0.5, 0.6) is 0 Å². The van der Waals surface area contributed by atoms with Gasteiger partial charge in [0.15, 0.2) is 5.96 Å². The number of nitrogens with zero attached hydrogens (tertiary/aromatic N) is 3. The van der Waals surface area contributed by atoms with Gasteiger partial charge < -0.3 is 15.4 Å². The summed E-state index contributed by atoms with van der Waals surface area (Å²) in [6.07, 6.45) is 6.33. The summed E-state index contributed by atoms with van der Waals surface area (Å²) in [5.74, 6) is 1.33. The van der Waals surface area contributed by atoms with E-state index in [2.05, 4.69) is 65.8 Å². The molecule has 2 aromatic rings. The molecule has 6 nitrogen and oxygen atoms in total. The van der Waals surface area contributed by atoms with Crippen LogP contribution >= 0.6 is 0 Å². The van der Waals surface area contributed by atoms with Crippen molar-refractivity contribution < 1.29 is 4.74 Å². The number of hydrogen-bond donors (Lipinski definition) is 2. The van der Waals surface area contributed by atoms with Crippen LogP contribution in [0.25, 0.3) is 5.69 Å². The number of aromatic nitrogens is 2. The molecular weight excluding hydrogens is 350 g/mol. The molecule has 2 atom stereocenters. The largest absolute Gasteiger partial charge is 0.377 e. The molecule has 0 amide bonds. The highest BCUT2D eigenvalue weighted by atomic mass is 16.5. The topological polar surface area (TPSA) is 63.5 Å². The maximum atomic E-state index is 6.08. The molecule has 1 aromatic heterocycles. The summed E-state index contributed by atoms with van der Waals surface area (Å²) in [6.45, 7) is 9.25. The van der Waals surface area contributed by atoms with E-state index in [1.54, 1.807) is 6.20 Å². The van der Waals surface area contributed by atoms with E-state index >= 15 is 0 Å². The maximum absolute atomic E-state index is 6.08. The molecular formula is C22H33N5O. The summed E-state index contributed by atoms with van der Waals surface area (Å²) in [5, 5.41) is 11.2. The van der Waals surface area contributed by atoms with Crippen molar-refractivity contribution in [3.05, 3.63) is 48.3 Å². The average molecular weight is 384 g/mol. The first kappa shape index (κ1) is 20.4. The SMILES string of the molecule is CN=C(NCc1ccc(-n2cccn2)cc1)NCC1CCCOC1C(C)(C)C. The first-order valence-electron chi connectivity index (χ1n) is 10.1. The molecule has 28 heavy (non-hydrogen) atoms. The molecule has 3 rings (SSSR count). The maximum Gasteiger partial charge on any atom is 0.191 e. The van der Waals surface area contributed by atoms with Gasteiger partial charge in [-0.05, 0) is 42.0 Å². The fourth-order valence-electron chi connectivity index (χ4n) is 3.83. The van der Waals surface area contributed by atoms with Gasteiger partial charge in [0.05, 0.1) is 11.8 Å². The molecule has 0 spiro atoms. The van der Waals surface area contributed by atoms with Gasteiger partial charge in [0.25, 0.3) is 0 Å². The van der Waals surface area contributed by atoms with Gasteiger partial charge in [-0.2, -0.15) is 5.10 Å². The second-order valence-electron chi connectivity index (χ2n) is 8.48. The van der Waals surface area contributed by atoms with Gasteiger partial charge in [0.2, 0.25) is 0 Å². The third kappa shape index (κ3) is 5.35. The van der Waals surface area contributed by atoms with E-state index in [4.69, 9.17) is 4.74 Å². The summed E-state index contributed by atoms with van der Waals surface area (Å²) < 4.78 is 7.94. The van der Waals surface area contributed by atoms with Crippen LogP contribution in [-0.4, -0.2) is 42.0 Å². The van der Waals surface area contributed by atoms with Crippen molar-refractivity contribution in [2.45, 2.75) is 46.3 Å². The number of hydrogen-bond acceptors (Lipinski definition) is 3. The Morgan fingerprint density at radius 1 is 1.25 bits per heavy atom. The van der Waals surface area contributed by atoms with E-state index in [9.17, 15) is 0 Å². The zero-order valence-electron chi connectivity index (χ0n) is 17.5. The number of ether oxygens (including phenoxy) is 1. The lowest BCUT2D eigenvalue weighted by Gasteiger charge is -2.40. The predicted octanol–water partition coefficient (Wildman–Crippen LogP) is 3.38. The van der Waals surface area contributed by atoms with Crippen molar-refractivity contribution in [1.29, 1.82) is 0 Å². The smallest absolute Gasteiger partial charge is 0.191 e. The first-order chi connectivity index (χ1) is 13.5. The number of guanidine groups is 1. The lowest BCUT2D eigenvalue weighted by molar-refractivity contribution is -0.0835. The number of nitrogens with one attached hydrogen (secondary N) is 2. The van der Waals surface area contributed by atoms with E-state index in [1.807, 2.05) is 24.0 Å². The molecule has 2 unspecified atom stereocenters. The summed E-state index contributed by atoms with van der Waals surface area (Å²) in [5.41, 5.74) is 2.41. The van der Waals surface area contributed by atoms with Gasteiger partial charge in [-0.1, -0.05) is 32.9 Å². The third-order valence-corrected chi connectivity index (χ3v) is 5.22. The Hall–Kier alpha value is -2.34. The number of rotatable bonds is 5. The molecule has 0 aliphatic carbocycles. The highest BCUT2D eigenvalue weighted by Crippen LogP contribution is 2.33. The Balaban J connectivity index is 1.50. The number of benzene rings is 1. The Morgan fingerprint density at radius 3 is 2.68 bits per heavy atom. The van der Waals surface area contributed by atoms with Gasteiger partial charge >= 0.3 is 0 Å². The third-order valence-electron chi connectivity index (χ3n) is 5.22. The van der Waals surface area contributed by atoms with Crippen LogP contribution in [-0.2, 0) is 11.3 Å². The van der Waals surface area contributed by atoms with Crippen LogP contribution in [0.2, 0.25) is 0 Å². The minimum atomic E-state index is 0.153. The molecule has 0 saturated carbocycles. The highest BCUT2D eigenvalue weighted by Gasteiger charge is 2.35. The Bertz CT molecular complexity index is 746. The van der Waals surface area contributed by atoms with Gasteiger partial charge in [0, 0.05) is 45.1 Å². The van der Waals surface area contributed by atoms with Crippen LogP contribution in [0.15, 0.2) is 47.7 Å². The van der Waals surface area contributed by atoms with Crippen molar-refractivity contribution >= 4 is 5.96 Å². The summed E-state index contributed by atoms with van der Waals surface area (Å²) >= 11 is 0.